The third-order valence-corrected chi connectivity index (χ3v) is 6.12. The van der Waals surface area contributed by atoms with Crippen molar-refractivity contribution in [3.05, 3.63) is 22.4 Å². The highest BCUT2D eigenvalue weighted by Gasteiger charge is 2.25. The maximum atomic E-state index is 11.1. The summed E-state index contributed by atoms with van der Waals surface area (Å²) in [4.78, 5) is 19.5. The number of nitrogens with zero attached hydrogens (tertiary/aromatic N) is 2. The first-order valence-electron chi connectivity index (χ1n) is 9.92. The maximum absolute atomic E-state index is 11.1. The van der Waals surface area contributed by atoms with Crippen molar-refractivity contribution in [1.82, 2.24) is 15.5 Å². The Hall–Kier alpha value is -0.870. The highest BCUT2D eigenvalue weighted by Crippen LogP contribution is 2.28. The van der Waals surface area contributed by atoms with Gasteiger partial charge in [-0.1, -0.05) is 13.0 Å². The summed E-state index contributed by atoms with van der Waals surface area (Å²) >= 11 is 1.83. The van der Waals surface area contributed by atoms with Crippen LogP contribution >= 0.6 is 35.3 Å². The highest BCUT2D eigenvalue weighted by atomic mass is 127. The summed E-state index contributed by atoms with van der Waals surface area (Å²) in [5.41, 5.74) is 0. The number of carbonyl (C=O) groups is 1. The van der Waals surface area contributed by atoms with E-state index in [9.17, 15) is 4.79 Å². The molecule has 2 N–H and O–H groups in total. The van der Waals surface area contributed by atoms with Crippen LogP contribution in [-0.2, 0) is 9.53 Å². The molecule has 1 atom stereocenters. The molecule has 1 aromatic heterocycles. The molecule has 0 saturated carbocycles. The van der Waals surface area contributed by atoms with E-state index >= 15 is 0 Å². The van der Waals surface area contributed by atoms with Gasteiger partial charge in [0.15, 0.2) is 5.96 Å². The standard InChI is InChI=1S/C20H34N4O2S.HI/c1-16-9-12-24(13-10-16)17(18-7-6-14-27-18)15-23-20(21-2)22-11-5-4-8-19(25)26-3;/h6-7,14,16-17H,4-5,8-13,15H2,1-3H3,(H2,21,22,23);1H. The van der Waals surface area contributed by atoms with E-state index in [1.54, 1.807) is 7.05 Å². The predicted octanol–water partition coefficient (Wildman–Crippen LogP) is 3.65. The van der Waals surface area contributed by atoms with Crippen molar-refractivity contribution >= 4 is 47.2 Å². The van der Waals surface area contributed by atoms with Crippen LogP contribution in [0.5, 0.6) is 0 Å². The lowest BCUT2D eigenvalue weighted by Gasteiger charge is -2.36. The number of nitrogens with one attached hydrogen (secondary N) is 2. The normalized spacial score (nSPS) is 16.9. The number of esters is 1. The minimum atomic E-state index is -0.146. The van der Waals surface area contributed by atoms with Crippen LogP contribution in [0, 0.1) is 5.92 Å². The van der Waals surface area contributed by atoms with E-state index in [-0.39, 0.29) is 29.9 Å². The molecule has 1 aliphatic heterocycles. The highest BCUT2D eigenvalue weighted by molar-refractivity contribution is 14.0. The van der Waals surface area contributed by atoms with Crippen LogP contribution in [0.25, 0.3) is 0 Å². The molecular formula is C20H35IN4O2S. The van der Waals surface area contributed by atoms with Gasteiger partial charge in [0.25, 0.3) is 0 Å². The fourth-order valence-electron chi connectivity index (χ4n) is 3.35. The number of hydrogen-bond donors (Lipinski definition) is 2. The lowest BCUT2D eigenvalue weighted by molar-refractivity contribution is -0.140. The monoisotopic (exact) mass is 522 g/mol. The Morgan fingerprint density at radius 2 is 2.11 bits per heavy atom. The Morgan fingerprint density at radius 3 is 2.71 bits per heavy atom. The average molecular weight is 522 g/mol. The van der Waals surface area contributed by atoms with Gasteiger partial charge in [0, 0.05) is 31.4 Å². The Morgan fingerprint density at radius 1 is 1.36 bits per heavy atom. The molecule has 1 unspecified atom stereocenters. The number of unbranched alkanes of at least 4 members (excludes halogenated alkanes) is 1. The molecule has 0 radical (unpaired) electrons. The topological polar surface area (TPSA) is 66.0 Å². The number of carbonyl (C=O) groups excluding carboxylic acids is 1. The molecule has 0 bridgehead atoms. The first-order chi connectivity index (χ1) is 13.1. The average Bonchev–Trinajstić information content (AvgIpc) is 3.21. The zero-order valence-electron chi connectivity index (χ0n) is 17.3. The third-order valence-electron chi connectivity index (χ3n) is 5.14. The summed E-state index contributed by atoms with van der Waals surface area (Å²) < 4.78 is 4.66. The van der Waals surface area contributed by atoms with Gasteiger partial charge in [-0.05, 0) is 56.1 Å². The van der Waals surface area contributed by atoms with E-state index < -0.39 is 0 Å². The molecule has 0 aliphatic carbocycles. The SMILES string of the molecule is CN=C(NCCCCC(=O)OC)NCC(c1cccs1)N1CCC(C)CC1.I. The second-order valence-corrected chi connectivity index (χ2v) is 8.14. The number of methoxy groups -OCH3 is 1. The molecule has 6 nitrogen and oxygen atoms in total. The van der Waals surface area contributed by atoms with Crippen molar-refractivity contribution in [3.8, 4) is 0 Å². The number of halogens is 1. The van der Waals surface area contributed by atoms with Crippen molar-refractivity contribution in [1.29, 1.82) is 0 Å². The first kappa shape index (κ1) is 25.2. The molecule has 0 aromatic carbocycles. The summed E-state index contributed by atoms with van der Waals surface area (Å²) in [6, 6.07) is 4.75. The molecule has 1 aliphatic rings. The van der Waals surface area contributed by atoms with Crippen LogP contribution in [-0.4, -0.2) is 57.2 Å². The van der Waals surface area contributed by atoms with E-state index in [4.69, 9.17) is 0 Å². The van der Waals surface area contributed by atoms with Gasteiger partial charge in [0.1, 0.15) is 0 Å². The van der Waals surface area contributed by atoms with Gasteiger partial charge < -0.3 is 15.4 Å². The lowest BCUT2D eigenvalue weighted by atomic mass is 9.97. The molecule has 1 saturated heterocycles. The molecule has 160 valence electrons. The van der Waals surface area contributed by atoms with Crippen molar-refractivity contribution in [3.63, 3.8) is 0 Å². The van der Waals surface area contributed by atoms with E-state index in [2.05, 4.69) is 49.7 Å². The van der Waals surface area contributed by atoms with Gasteiger partial charge >= 0.3 is 5.97 Å². The number of ether oxygens (including phenoxy) is 1. The Kier molecular flexibility index (Phi) is 12.7. The fourth-order valence-corrected chi connectivity index (χ4v) is 4.21. The zero-order valence-corrected chi connectivity index (χ0v) is 20.4. The molecule has 2 rings (SSSR count). The lowest BCUT2D eigenvalue weighted by Crippen LogP contribution is -2.45. The summed E-state index contributed by atoms with van der Waals surface area (Å²) in [7, 11) is 3.23. The molecule has 2 heterocycles. The first-order valence-corrected chi connectivity index (χ1v) is 10.8. The summed E-state index contributed by atoms with van der Waals surface area (Å²) in [5.74, 6) is 1.50. The molecule has 28 heavy (non-hydrogen) atoms. The Bertz CT molecular complexity index is 575. The summed E-state index contributed by atoms with van der Waals surface area (Å²) in [6.07, 6.45) is 4.75. The summed E-state index contributed by atoms with van der Waals surface area (Å²) in [5, 5.41) is 8.99. The smallest absolute Gasteiger partial charge is 0.305 e. The quantitative estimate of drug-likeness (QED) is 0.171. The molecule has 8 heteroatoms. The maximum Gasteiger partial charge on any atom is 0.305 e. The van der Waals surface area contributed by atoms with E-state index in [0.717, 1.165) is 50.9 Å². The number of aliphatic imine (C=N–C) groups is 1. The number of piperidine rings is 1. The number of thiophene rings is 1. The zero-order chi connectivity index (χ0) is 19.5. The van der Waals surface area contributed by atoms with Crippen LogP contribution in [0.15, 0.2) is 22.5 Å². The second kappa shape index (κ2) is 14.2. The van der Waals surface area contributed by atoms with Crippen LogP contribution in [0.2, 0.25) is 0 Å². The number of rotatable bonds is 9. The molecule has 1 fully saturated rings. The van der Waals surface area contributed by atoms with Crippen molar-refractivity contribution in [2.45, 2.75) is 45.1 Å². The van der Waals surface area contributed by atoms with Crippen LogP contribution in [0.4, 0.5) is 0 Å². The van der Waals surface area contributed by atoms with E-state index in [0.29, 0.717) is 12.5 Å². The molecule has 0 spiro atoms. The number of guanidine groups is 1. The third kappa shape index (κ3) is 8.65. The van der Waals surface area contributed by atoms with Crippen LogP contribution in [0.1, 0.15) is 49.9 Å². The molecular weight excluding hydrogens is 487 g/mol. The minimum absolute atomic E-state index is 0. The van der Waals surface area contributed by atoms with Crippen molar-refractivity contribution < 1.29 is 9.53 Å². The van der Waals surface area contributed by atoms with E-state index in [1.165, 1.54) is 24.8 Å². The van der Waals surface area contributed by atoms with Gasteiger partial charge in [-0.15, -0.1) is 35.3 Å². The van der Waals surface area contributed by atoms with E-state index in [1.807, 2.05) is 11.3 Å². The predicted molar refractivity (Wildman–Crippen MR) is 128 cm³/mol. The number of hydrogen-bond acceptors (Lipinski definition) is 5. The largest absolute Gasteiger partial charge is 0.469 e. The molecule has 1 aromatic rings. The Balaban J connectivity index is 0.00000392. The Labute approximate surface area is 190 Å². The molecule has 0 amide bonds. The fraction of sp³-hybridized carbons (Fsp3) is 0.700. The van der Waals surface area contributed by atoms with Gasteiger partial charge in [-0.25, -0.2) is 0 Å². The van der Waals surface area contributed by atoms with Gasteiger partial charge in [0.05, 0.1) is 13.2 Å². The van der Waals surface area contributed by atoms with Crippen molar-refractivity contribution in [2.24, 2.45) is 10.9 Å². The van der Waals surface area contributed by atoms with Crippen LogP contribution < -0.4 is 10.6 Å². The van der Waals surface area contributed by atoms with Crippen molar-refractivity contribution in [2.75, 3.05) is 40.3 Å². The minimum Gasteiger partial charge on any atom is -0.469 e. The number of likely N-dealkylation sites (tertiary alicyclic amines) is 1. The van der Waals surface area contributed by atoms with Gasteiger partial charge in [-0.3, -0.25) is 14.7 Å². The van der Waals surface area contributed by atoms with Crippen LogP contribution in [0.3, 0.4) is 0 Å². The van der Waals surface area contributed by atoms with Gasteiger partial charge in [-0.2, -0.15) is 0 Å². The van der Waals surface area contributed by atoms with Gasteiger partial charge in [0.2, 0.25) is 0 Å². The second-order valence-electron chi connectivity index (χ2n) is 7.16. The summed E-state index contributed by atoms with van der Waals surface area (Å²) in [6.45, 7) is 6.30.